The van der Waals surface area contributed by atoms with E-state index in [1.807, 2.05) is 24.3 Å². The summed E-state index contributed by atoms with van der Waals surface area (Å²) in [6.45, 7) is 0.661. The van der Waals surface area contributed by atoms with Gasteiger partial charge in [-0.05, 0) is 23.3 Å². The number of sulfonamides is 1. The van der Waals surface area contributed by atoms with Crippen LogP contribution >= 0.6 is 23.2 Å². The maximum atomic E-state index is 12.7. The van der Waals surface area contributed by atoms with Crippen molar-refractivity contribution in [2.24, 2.45) is 0 Å². The lowest BCUT2D eigenvalue weighted by Crippen LogP contribution is -2.26. The van der Waals surface area contributed by atoms with E-state index in [9.17, 15) is 8.42 Å². The summed E-state index contributed by atoms with van der Waals surface area (Å²) in [5, 5.41) is 0.210. The van der Waals surface area contributed by atoms with Gasteiger partial charge >= 0.3 is 0 Å². The molecule has 2 N–H and O–H groups in total. The lowest BCUT2D eigenvalue weighted by Gasteiger charge is -2.17. The standard InChI is InChI=1S/C14H12Cl2N2O2S/c15-11-5-6-12(13(16)14(11)17)21(19,20)18-7-9-3-1-2-4-10(9)8-18/h1-6H,7-8,17H2. The minimum atomic E-state index is -3.71. The number of benzene rings is 2. The van der Waals surface area contributed by atoms with Crippen LogP contribution in [0.4, 0.5) is 5.69 Å². The summed E-state index contributed by atoms with van der Waals surface area (Å²) in [7, 11) is -3.71. The first kappa shape index (κ1) is 14.7. The molecule has 0 saturated heterocycles. The van der Waals surface area contributed by atoms with Crippen LogP contribution in [0.25, 0.3) is 0 Å². The van der Waals surface area contributed by atoms with Gasteiger partial charge < -0.3 is 5.73 Å². The van der Waals surface area contributed by atoms with Gasteiger partial charge in [0.2, 0.25) is 10.0 Å². The summed E-state index contributed by atoms with van der Waals surface area (Å²) in [5.41, 5.74) is 7.79. The van der Waals surface area contributed by atoms with Crippen molar-refractivity contribution in [2.45, 2.75) is 18.0 Å². The van der Waals surface area contributed by atoms with Crippen molar-refractivity contribution in [3.63, 3.8) is 0 Å². The van der Waals surface area contributed by atoms with Crippen molar-refractivity contribution in [3.05, 3.63) is 57.6 Å². The number of hydrogen-bond acceptors (Lipinski definition) is 3. The summed E-state index contributed by atoms with van der Waals surface area (Å²) in [6.07, 6.45) is 0. The van der Waals surface area contributed by atoms with Gasteiger partial charge in [0, 0.05) is 13.1 Å². The molecule has 0 radical (unpaired) electrons. The SMILES string of the molecule is Nc1c(Cl)ccc(S(=O)(=O)N2Cc3ccccc3C2)c1Cl. The predicted octanol–water partition coefficient (Wildman–Crippen LogP) is 3.28. The summed E-state index contributed by atoms with van der Waals surface area (Å²) in [6, 6.07) is 10.5. The molecule has 0 bridgehead atoms. The van der Waals surface area contributed by atoms with Gasteiger partial charge in [-0.2, -0.15) is 4.31 Å². The minimum absolute atomic E-state index is 0.0149. The molecule has 0 unspecified atom stereocenters. The quantitative estimate of drug-likeness (QED) is 0.851. The molecule has 2 aromatic rings. The van der Waals surface area contributed by atoms with Gasteiger partial charge in [-0.3, -0.25) is 0 Å². The monoisotopic (exact) mass is 342 g/mol. The molecule has 4 nitrogen and oxygen atoms in total. The molecule has 7 heteroatoms. The van der Waals surface area contributed by atoms with Crippen LogP contribution < -0.4 is 5.73 Å². The van der Waals surface area contributed by atoms with E-state index in [-0.39, 0.29) is 20.6 Å². The Kier molecular flexibility index (Phi) is 3.61. The van der Waals surface area contributed by atoms with E-state index in [1.165, 1.54) is 16.4 Å². The normalized spacial score (nSPS) is 15.1. The zero-order valence-electron chi connectivity index (χ0n) is 10.9. The molecule has 0 spiro atoms. The number of hydrogen-bond donors (Lipinski definition) is 1. The zero-order chi connectivity index (χ0) is 15.2. The molecule has 0 saturated carbocycles. The number of halogens is 2. The van der Waals surface area contributed by atoms with E-state index in [0.29, 0.717) is 13.1 Å². The molecule has 0 atom stereocenters. The number of anilines is 1. The smallest absolute Gasteiger partial charge is 0.245 e. The first-order valence-corrected chi connectivity index (χ1v) is 8.41. The molecule has 3 rings (SSSR count). The number of fused-ring (bicyclic) bond motifs is 1. The average molecular weight is 343 g/mol. The van der Waals surface area contributed by atoms with Crippen molar-refractivity contribution in [3.8, 4) is 0 Å². The van der Waals surface area contributed by atoms with Crippen molar-refractivity contribution in [1.29, 1.82) is 0 Å². The highest BCUT2D eigenvalue weighted by molar-refractivity contribution is 7.89. The fourth-order valence-electron chi connectivity index (χ4n) is 2.36. The maximum Gasteiger partial charge on any atom is 0.245 e. The summed E-state index contributed by atoms with van der Waals surface area (Å²) in [4.78, 5) is -0.0149. The van der Waals surface area contributed by atoms with Crippen molar-refractivity contribution in [1.82, 2.24) is 4.31 Å². The lowest BCUT2D eigenvalue weighted by atomic mass is 10.1. The first-order chi connectivity index (χ1) is 9.91. The van der Waals surface area contributed by atoms with Gasteiger partial charge in [0.05, 0.1) is 15.7 Å². The highest BCUT2D eigenvalue weighted by Gasteiger charge is 2.32. The molecule has 0 fully saturated rings. The zero-order valence-corrected chi connectivity index (χ0v) is 13.2. The van der Waals surface area contributed by atoms with Crippen LogP contribution in [0.3, 0.4) is 0 Å². The average Bonchev–Trinajstić information content (AvgIpc) is 2.89. The van der Waals surface area contributed by atoms with Gasteiger partial charge in [-0.15, -0.1) is 0 Å². The Labute approximate surface area is 133 Å². The molecular formula is C14H12Cl2N2O2S. The van der Waals surface area contributed by atoms with Crippen LogP contribution in [-0.2, 0) is 23.1 Å². The van der Waals surface area contributed by atoms with Gasteiger partial charge in [0.15, 0.2) is 0 Å². The van der Waals surface area contributed by atoms with E-state index in [0.717, 1.165) is 11.1 Å². The Bertz CT molecular complexity index is 797. The van der Waals surface area contributed by atoms with Crippen LogP contribution in [-0.4, -0.2) is 12.7 Å². The number of rotatable bonds is 2. The molecule has 1 aliphatic rings. The van der Waals surface area contributed by atoms with Gasteiger partial charge in [-0.25, -0.2) is 8.42 Å². The van der Waals surface area contributed by atoms with E-state index in [2.05, 4.69) is 0 Å². The summed E-state index contributed by atoms with van der Waals surface area (Å²) in [5.74, 6) is 0. The van der Waals surface area contributed by atoms with Gasteiger partial charge in [-0.1, -0.05) is 47.5 Å². The molecule has 2 aromatic carbocycles. The summed E-state index contributed by atoms with van der Waals surface area (Å²) < 4.78 is 26.8. The largest absolute Gasteiger partial charge is 0.396 e. The van der Waals surface area contributed by atoms with Crippen LogP contribution in [0.1, 0.15) is 11.1 Å². The second-order valence-electron chi connectivity index (χ2n) is 4.81. The van der Waals surface area contributed by atoms with Crippen molar-refractivity contribution >= 4 is 38.9 Å². The second-order valence-corrected chi connectivity index (χ2v) is 7.51. The van der Waals surface area contributed by atoms with E-state index >= 15 is 0 Å². The summed E-state index contributed by atoms with van der Waals surface area (Å²) >= 11 is 11.9. The predicted molar refractivity (Wildman–Crippen MR) is 83.7 cm³/mol. The van der Waals surface area contributed by atoms with Crippen LogP contribution in [0, 0.1) is 0 Å². The van der Waals surface area contributed by atoms with Gasteiger partial charge in [0.25, 0.3) is 0 Å². The van der Waals surface area contributed by atoms with E-state index in [1.54, 1.807) is 0 Å². The molecule has 110 valence electrons. The van der Waals surface area contributed by atoms with E-state index in [4.69, 9.17) is 28.9 Å². The highest BCUT2D eigenvalue weighted by atomic mass is 35.5. The van der Waals surface area contributed by atoms with Crippen LogP contribution in [0.15, 0.2) is 41.3 Å². The second kappa shape index (κ2) is 5.18. The van der Waals surface area contributed by atoms with Gasteiger partial charge in [0.1, 0.15) is 4.90 Å². The van der Waals surface area contributed by atoms with Crippen molar-refractivity contribution in [2.75, 3.05) is 5.73 Å². The Morgan fingerprint density at radius 1 is 1.00 bits per heavy atom. The molecule has 0 aromatic heterocycles. The third-order valence-corrected chi connectivity index (χ3v) is 6.20. The number of nitrogen functional groups attached to an aromatic ring is 1. The Morgan fingerprint density at radius 3 is 2.14 bits per heavy atom. The third-order valence-electron chi connectivity index (χ3n) is 3.52. The fraction of sp³-hybridized carbons (Fsp3) is 0.143. The first-order valence-electron chi connectivity index (χ1n) is 6.21. The Morgan fingerprint density at radius 2 is 1.57 bits per heavy atom. The molecule has 21 heavy (non-hydrogen) atoms. The molecule has 0 aliphatic carbocycles. The van der Waals surface area contributed by atoms with E-state index < -0.39 is 10.0 Å². The number of nitrogens with zero attached hydrogens (tertiary/aromatic N) is 1. The minimum Gasteiger partial charge on any atom is -0.396 e. The topological polar surface area (TPSA) is 63.4 Å². The highest BCUT2D eigenvalue weighted by Crippen LogP contribution is 2.36. The molecule has 1 heterocycles. The molecule has 0 amide bonds. The van der Waals surface area contributed by atoms with Crippen molar-refractivity contribution < 1.29 is 8.42 Å². The maximum absolute atomic E-state index is 12.7. The number of nitrogens with two attached hydrogens (primary N) is 1. The van der Waals surface area contributed by atoms with Crippen LogP contribution in [0.2, 0.25) is 10.0 Å². The molecular weight excluding hydrogens is 331 g/mol. The lowest BCUT2D eigenvalue weighted by molar-refractivity contribution is 0.431. The molecule has 1 aliphatic heterocycles. The Balaban J connectivity index is 2.02. The third kappa shape index (κ3) is 2.40. The fourth-order valence-corrected chi connectivity index (χ4v) is 4.50. The Hall–Kier alpha value is -1.27. The van der Waals surface area contributed by atoms with Crippen LogP contribution in [0.5, 0.6) is 0 Å².